The number of furan rings is 1. The molecule has 0 atom stereocenters. The first kappa shape index (κ1) is 33.9. The van der Waals surface area contributed by atoms with Gasteiger partial charge in [-0.25, -0.2) is 0 Å². The summed E-state index contributed by atoms with van der Waals surface area (Å²) in [5, 5.41) is 4.66. The lowest BCUT2D eigenvalue weighted by atomic mass is 9.70. The van der Waals surface area contributed by atoms with Gasteiger partial charge in [0.25, 0.3) is 0 Å². The molecule has 2 aliphatic rings. The summed E-state index contributed by atoms with van der Waals surface area (Å²) in [6.07, 6.45) is 0. The average molecular weight is 756 g/mol. The minimum absolute atomic E-state index is 0.0275. The van der Waals surface area contributed by atoms with E-state index in [9.17, 15) is 0 Å². The maximum absolute atomic E-state index is 6.33. The predicted molar refractivity (Wildman–Crippen MR) is 246 cm³/mol. The average Bonchev–Trinajstić information content (AvgIpc) is 3.90. The number of para-hydroxylation sites is 1. The Bertz CT molecular complexity index is 3280. The molecule has 12 rings (SSSR count). The molecule has 2 heteroatoms. The fourth-order valence-electron chi connectivity index (χ4n) is 10.4. The molecule has 0 fully saturated rings. The highest BCUT2D eigenvalue weighted by molar-refractivity contribution is 6.11. The molecule has 1 spiro atoms. The summed E-state index contributed by atoms with van der Waals surface area (Å²) < 4.78 is 6.33. The molecular formula is C57H41NO. The predicted octanol–water partition coefficient (Wildman–Crippen LogP) is 15.5. The van der Waals surface area contributed by atoms with Gasteiger partial charge in [-0.1, -0.05) is 166 Å². The minimum Gasteiger partial charge on any atom is -0.456 e. The van der Waals surface area contributed by atoms with Crippen molar-refractivity contribution in [2.45, 2.75) is 31.6 Å². The molecule has 2 nitrogen and oxygen atoms in total. The van der Waals surface area contributed by atoms with Gasteiger partial charge in [0, 0.05) is 27.7 Å². The molecule has 10 aromatic rings. The van der Waals surface area contributed by atoms with Gasteiger partial charge in [-0.3, -0.25) is 0 Å². The highest BCUT2D eigenvalue weighted by atomic mass is 16.3. The summed E-state index contributed by atoms with van der Waals surface area (Å²) in [6, 6.07) is 72.0. The van der Waals surface area contributed by atoms with Crippen LogP contribution in [-0.2, 0) is 10.8 Å². The number of rotatable bonds is 4. The fraction of sp³-hybridized carbons (Fsp3) is 0.0877. The van der Waals surface area contributed by atoms with Gasteiger partial charge in [0.1, 0.15) is 11.2 Å². The van der Waals surface area contributed by atoms with Crippen molar-refractivity contribution in [3.05, 3.63) is 222 Å². The monoisotopic (exact) mass is 755 g/mol. The van der Waals surface area contributed by atoms with Gasteiger partial charge < -0.3 is 9.32 Å². The molecule has 280 valence electrons. The van der Waals surface area contributed by atoms with Crippen molar-refractivity contribution in [2.75, 3.05) is 4.90 Å². The summed E-state index contributed by atoms with van der Waals surface area (Å²) in [5.41, 5.74) is 19.0. The Balaban J connectivity index is 1.13. The minimum atomic E-state index is -0.395. The van der Waals surface area contributed by atoms with Crippen LogP contribution < -0.4 is 4.90 Å². The third-order valence-corrected chi connectivity index (χ3v) is 13.0. The topological polar surface area (TPSA) is 16.4 Å². The highest BCUT2D eigenvalue weighted by Crippen LogP contribution is 2.63. The van der Waals surface area contributed by atoms with Crippen LogP contribution in [0.4, 0.5) is 17.1 Å². The SMILES string of the molecule is CC(C)(C)c1ccc(N(c2ccc3c(c2)-c2ccccc2C32c3ccccc3-c3ccccc32)c2ccc3ccccc3c2-c2ccc3oc4ccccc4c3c2)cc1. The standard InChI is InChI=1S/C57H41NO/c1-56(2,3)38-26-28-39(29-27-38)58(52-32-24-36-14-4-5-15-41(36)55(52)37-25-33-54-47(34-37)45-19-9-13-23-53(45)59-54)40-30-31-51-46(35-40)44-18-8-12-22-50(44)57(51)48-20-10-6-16-42(48)43-17-7-11-21-49(43)57/h4-35H,1-3H3. The molecular weight excluding hydrogens is 715 g/mol. The Hall–Kier alpha value is -7.16. The van der Waals surface area contributed by atoms with Gasteiger partial charge in [-0.2, -0.15) is 0 Å². The maximum atomic E-state index is 6.33. The van der Waals surface area contributed by atoms with Crippen molar-refractivity contribution < 1.29 is 4.42 Å². The first-order valence-electron chi connectivity index (χ1n) is 20.7. The lowest BCUT2D eigenvalue weighted by molar-refractivity contribution is 0.590. The molecule has 0 saturated heterocycles. The van der Waals surface area contributed by atoms with Gasteiger partial charge in [0.05, 0.1) is 11.1 Å². The zero-order valence-electron chi connectivity index (χ0n) is 33.3. The fourth-order valence-corrected chi connectivity index (χ4v) is 10.4. The van der Waals surface area contributed by atoms with Gasteiger partial charge in [0.2, 0.25) is 0 Å². The van der Waals surface area contributed by atoms with Crippen molar-refractivity contribution in [3.8, 4) is 33.4 Å². The summed E-state index contributed by atoms with van der Waals surface area (Å²) in [5.74, 6) is 0. The third kappa shape index (κ3) is 4.81. The van der Waals surface area contributed by atoms with E-state index in [4.69, 9.17) is 4.42 Å². The Labute approximate surface area is 344 Å². The normalized spacial score (nSPS) is 13.5. The van der Waals surface area contributed by atoms with Crippen LogP contribution >= 0.6 is 0 Å². The quantitative estimate of drug-likeness (QED) is 0.178. The van der Waals surface area contributed by atoms with Crippen molar-refractivity contribution in [2.24, 2.45) is 0 Å². The second-order valence-electron chi connectivity index (χ2n) is 17.2. The molecule has 9 aromatic carbocycles. The Morgan fingerprint density at radius 1 is 0.424 bits per heavy atom. The maximum Gasteiger partial charge on any atom is 0.135 e. The molecule has 0 saturated carbocycles. The molecule has 59 heavy (non-hydrogen) atoms. The lowest BCUT2D eigenvalue weighted by Gasteiger charge is -2.32. The number of nitrogens with zero attached hydrogens (tertiary/aromatic N) is 1. The van der Waals surface area contributed by atoms with Gasteiger partial charge in [-0.05, 0) is 120 Å². The number of hydrogen-bond donors (Lipinski definition) is 0. The molecule has 0 bridgehead atoms. The van der Waals surface area contributed by atoms with Crippen LogP contribution in [0.2, 0.25) is 0 Å². The van der Waals surface area contributed by atoms with Crippen LogP contribution in [-0.4, -0.2) is 0 Å². The van der Waals surface area contributed by atoms with E-state index >= 15 is 0 Å². The van der Waals surface area contributed by atoms with Crippen LogP contribution in [0.1, 0.15) is 48.6 Å². The third-order valence-electron chi connectivity index (χ3n) is 13.0. The van der Waals surface area contributed by atoms with Gasteiger partial charge >= 0.3 is 0 Å². The second kappa shape index (κ2) is 12.4. The molecule has 0 radical (unpaired) electrons. The van der Waals surface area contributed by atoms with Crippen molar-refractivity contribution in [1.82, 2.24) is 0 Å². The lowest BCUT2D eigenvalue weighted by Crippen LogP contribution is -2.25. The first-order valence-corrected chi connectivity index (χ1v) is 20.7. The first-order chi connectivity index (χ1) is 28.9. The van der Waals surface area contributed by atoms with Crippen LogP contribution in [0.25, 0.3) is 66.1 Å². The molecule has 1 heterocycles. The zero-order valence-corrected chi connectivity index (χ0v) is 33.3. The van der Waals surface area contributed by atoms with E-state index < -0.39 is 5.41 Å². The van der Waals surface area contributed by atoms with Crippen molar-refractivity contribution in [1.29, 1.82) is 0 Å². The number of anilines is 3. The molecule has 0 N–H and O–H groups in total. The summed E-state index contributed by atoms with van der Waals surface area (Å²) in [6.45, 7) is 6.85. The van der Waals surface area contributed by atoms with E-state index in [0.717, 1.165) is 44.6 Å². The largest absolute Gasteiger partial charge is 0.456 e. The van der Waals surface area contributed by atoms with Crippen LogP contribution in [0.5, 0.6) is 0 Å². The summed E-state index contributed by atoms with van der Waals surface area (Å²) >= 11 is 0. The van der Waals surface area contributed by atoms with E-state index in [2.05, 4.69) is 214 Å². The van der Waals surface area contributed by atoms with Crippen LogP contribution in [0, 0.1) is 0 Å². The van der Waals surface area contributed by atoms with Crippen molar-refractivity contribution in [3.63, 3.8) is 0 Å². The van der Waals surface area contributed by atoms with E-state index in [0.29, 0.717) is 0 Å². The number of fused-ring (bicyclic) bond motifs is 14. The van der Waals surface area contributed by atoms with Gasteiger partial charge in [0.15, 0.2) is 0 Å². The summed E-state index contributed by atoms with van der Waals surface area (Å²) in [7, 11) is 0. The Morgan fingerprint density at radius 3 is 1.68 bits per heavy atom. The summed E-state index contributed by atoms with van der Waals surface area (Å²) in [4.78, 5) is 2.48. The Kier molecular flexibility index (Phi) is 7.14. The van der Waals surface area contributed by atoms with E-state index in [1.54, 1.807) is 0 Å². The van der Waals surface area contributed by atoms with Crippen LogP contribution in [0.15, 0.2) is 199 Å². The van der Waals surface area contributed by atoms with Gasteiger partial charge in [-0.15, -0.1) is 0 Å². The smallest absolute Gasteiger partial charge is 0.135 e. The Morgan fingerprint density at radius 2 is 0.983 bits per heavy atom. The second-order valence-corrected chi connectivity index (χ2v) is 17.2. The molecule has 0 aliphatic heterocycles. The van der Waals surface area contributed by atoms with E-state index in [-0.39, 0.29) is 5.41 Å². The molecule has 1 aromatic heterocycles. The number of benzene rings is 9. The zero-order chi connectivity index (χ0) is 39.5. The highest BCUT2D eigenvalue weighted by Gasteiger charge is 2.51. The van der Waals surface area contributed by atoms with E-state index in [1.807, 2.05) is 6.07 Å². The molecule has 0 amide bonds. The number of hydrogen-bond acceptors (Lipinski definition) is 2. The van der Waals surface area contributed by atoms with Crippen LogP contribution in [0.3, 0.4) is 0 Å². The van der Waals surface area contributed by atoms with Crippen molar-refractivity contribution >= 4 is 49.8 Å². The molecule has 2 aliphatic carbocycles. The molecule has 0 unspecified atom stereocenters. The van der Waals surface area contributed by atoms with E-state index in [1.165, 1.54) is 66.4 Å².